The van der Waals surface area contributed by atoms with Crippen molar-refractivity contribution in [3.05, 3.63) is 64.5 Å². The zero-order valence-electron chi connectivity index (χ0n) is 11.0. The van der Waals surface area contributed by atoms with Crippen molar-refractivity contribution < 1.29 is 9.13 Å². The Labute approximate surface area is 129 Å². The molecule has 3 rings (SSSR count). The molecular formula is C16H12BrFN2O. The van der Waals surface area contributed by atoms with Gasteiger partial charge in [0.15, 0.2) is 0 Å². The van der Waals surface area contributed by atoms with Crippen LogP contribution in [0.1, 0.15) is 5.69 Å². The number of aromatic nitrogens is 1. The van der Waals surface area contributed by atoms with Crippen LogP contribution in [-0.2, 0) is 6.54 Å². The summed E-state index contributed by atoms with van der Waals surface area (Å²) in [6.45, 7) is 0.315. The third-order valence-corrected chi connectivity index (χ3v) is 3.72. The Balaban J connectivity index is 2.08. The Bertz CT molecular complexity index is 807. The van der Waals surface area contributed by atoms with Gasteiger partial charge >= 0.3 is 0 Å². The van der Waals surface area contributed by atoms with E-state index in [4.69, 9.17) is 10.5 Å². The quantitative estimate of drug-likeness (QED) is 0.765. The van der Waals surface area contributed by atoms with E-state index >= 15 is 0 Å². The smallest absolute Gasteiger partial charge is 0.227 e. The molecule has 0 radical (unpaired) electrons. The summed E-state index contributed by atoms with van der Waals surface area (Å²) >= 11 is 3.11. The predicted molar refractivity (Wildman–Crippen MR) is 83.8 cm³/mol. The molecule has 0 atom stereocenters. The standard InChI is InChI=1S/C16H12BrFN2O/c17-14-6-5-12(8-15(14)18)21-16-13-4-2-1-3-10(13)7-11(9-19)20-16/h1-8H,9,19H2. The maximum atomic E-state index is 13.6. The molecule has 3 nitrogen and oxygen atoms in total. The Morgan fingerprint density at radius 3 is 2.71 bits per heavy atom. The van der Waals surface area contributed by atoms with Gasteiger partial charge in [0.2, 0.25) is 5.88 Å². The molecule has 106 valence electrons. The Kier molecular flexibility index (Phi) is 3.86. The molecule has 5 heteroatoms. The van der Waals surface area contributed by atoms with E-state index in [-0.39, 0.29) is 5.82 Å². The summed E-state index contributed by atoms with van der Waals surface area (Å²) in [7, 11) is 0. The number of rotatable bonds is 3. The van der Waals surface area contributed by atoms with Crippen molar-refractivity contribution in [3.63, 3.8) is 0 Å². The molecule has 0 unspecified atom stereocenters. The molecule has 0 bridgehead atoms. The van der Waals surface area contributed by atoms with E-state index in [1.165, 1.54) is 6.07 Å². The van der Waals surface area contributed by atoms with E-state index in [1.807, 2.05) is 30.3 Å². The van der Waals surface area contributed by atoms with E-state index in [2.05, 4.69) is 20.9 Å². The van der Waals surface area contributed by atoms with Crippen LogP contribution in [0.2, 0.25) is 0 Å². The zero-order valence-corrected chi connectivity index (χ0v) is 12.6. The lowest BCUT2D eigenvalue weighted by molar-refractivity contribution is 0.461. The van der Waals surface area contributed by atoms with Crippen molar-refractivity contribution in [2.24, 2.45) is 5.73 Å². The average molecular weight is 347 g/mol. The number of ether oxygens (including phenoxy) is 1. The van der Waals surface area contributed by atoms with E-state index < -0.39 is 0 Å². The van der Waals surface area contributed by atoms with E-state index in [9.17, 15) is 4.39 Å². The lowest BCUT2D eigenvalue weighted by Crippen LogP contribution is -2.01. The molecule has 3 aromatic rings. The van der Waals surface area contributed by atoms with Gasteiger partial charge in [0.1, 0.15) is 11.6 Å². The van der Waals surface area contributed by atoms with Crippen molar-refractivity contribution in [1.82, 2.24) is 4.98 Å². The SMILES string of the molecule is NCc1cc2ccccc2c(Oc2ccc(Br)c(F)c2)n1. The fraction of sp³-hybridized carbons (Fsp3) is 0.0625. The largest absolute Gasteiger partial charge is 0.438 e. The predicted octanol–water partition coefficient (Wildman–Crippen LogP) is 4.39. The van der Waals surface area contributed by atoms with Gasteiger partial charge in [0, 0.05) is 18.0 Å². The monoisotopic (exact) mass is 346 g/mol. The number of nitrogens with two attached hydrogens (primary N) is 1. The second-order valence-electron chi connectivity index (χ2n) is 4.52. The molecule has 1 heterocycles. The average Bonchev–Trinajstić information content (AvgIpc) is 2.51. The van der Waals surface area contributed by atoms with Crippen LogP contribution in [0, 0.1) is 5.82 Å². The molecule has 21 heavy (non-hydrogen) atoms. The number of nitrogens with zero attached hydrogens (tertiary/aromatic N) is 1. The molecule has 2 aromatic carbocycles. The Morgan fingerprint density at radius 2 is 1.95 bits per heavy atom. The molecule has 0 aliphatic carbocycles. The summed E-state index contributed by atoms with van der Waals surface area (Å²) in [5.74, 6) is 0.435. The minimum atomic E-state index is -0.383. The molecule has 2 N–H and O–H groups in total. The molecule has 0 aliphatic rings. The minimum absolute atomic E-state index is 0.315. The molecule has 0 spiro atoms. The lowest BCUT2D eigenvalue weighted by atomic mass is 10.1. The van der Waals surface area contributed by atoms with E-state index in [0.717, 1.165) is 16.5 Å². The summed E-state index contributed by atoms with van der Waals surface area (Å²) in [4.78, 5) is 4.39. The highest BCUT2D eigenvalue weighted by Gasteiger charge is 2.09. The third kappa shape index (κ3) is 2.89. The normalized spacial score (nSPS) is 10.8. The highest BCUT2D eigenvalue weighted by Crippen LogP contribution is 2.30. The summed E-state index contributed by atoms with van der Waals surface area (Å²) in [5.41, 5.74) is 6.39. The molecule has 0 saturated carbocycles. The van der Waals surface area contributed by atoms with Gasteiger partial charge in [-0.1, -0.05) is 18.2 Å². The summed E-state index contributed by atoms with van der Waals surface area (Å²) in [6, 6.07) is 14.2. The fourth-order valence-corrected chi connectivity index (χ4v) is 2.30. The number of pyridine rings is 1. The number of halogens is 2. The zero-order chi connectivity index (χ0) is 14.8. The van der Waals surface area contributed by atoms with Crippen molar-refractivity contribution in [2.45, 2.75) is 6.54 Å². The topological polar surface area (TPSA) is 48.1 Å². The maximum absolute atomic E-state index is 13.6. The number of hydrogen-bond donors (Lipinski definition) is 1. The Morgan fingerprint density at radius 1 is 1.14 bits per heavy atom. The van der Waals surface area contributed by atoms with Gasteiger partial charge in [0.05, 0.1) is 10.2 Å². The molecule has 1 aromatic heterocycles. The molecule has 0 amide bonds. The highest BCUT2D eigenvalue weighted by molar-refractivity contribution is 9.10. The van der Waals surface area contributed by atoms with Gasteiger partial charge in [-0.3, -0.25) is 0 Å². The van der Waals surface area contributed by atoms with Crippen molar-refractivity contribution in [3.8, 4) is 11.6 Å². The number of benzene rings is 2. The van der Waals surface area contributed by atoms with Crippen molar-refractivity contribution >= 4 is 26.7 Å². The van der Waals surface area contributed by atoms with Gasteiger partial charge in [-0.05, 0) is 45.6 Å². The fourth-order valence-electron chi connectivity index (χ4n) is 2.05. The van der Waals surface area contributed by atoms with E-state index in [1.54, 1.807) is 12.1 Å². The second kappa shape index (κ2) is 5.79. The first-order valence-electron chi connectivity index (χ1n) is 6.39. The first-order valence-corrected chi connectivity index (χ1v) is 7.18. The molecule has 0 saturated heterocycles. The number of hydrogen-bond acceptors (Lipinski definition) is 3. The van der Waals surface area contributed by atoms with Gasteiger partial charge in [-0.2, -0.15) is 0 Å². The maximum Gasteiger partial charge on any atom is 0.227 e. The lowest BCUT2D eigenvalue weighted by Gasteiger charge is -2.10. The van der Waals surface area contributed by atoms with Crippen LogP contribution >= 0.6 is 15.9 Å². The van der Waals surface area contributed by atoms with Crippen molar-refractivity contribution in [2.75, 3.05) is 0 Å². The van der Waals surface area contributed by atoms with Crippen LogP contribution in [-0.4, -0.2) is 4.98 Å². The third-order valence-electron chi connectivity index (χ3n) is 3.07. The molecule has 0 aliphatic heterocycles. The van der Waals surface area contributed by atoms with Gasteiger partial charge in [-0.15, -0.1) is 0 Å². The van der Waals surface area contributed by atoms with Gasteiger partial charge in [-0.25, -0.2) is 9.37 Å². The van der Waals surface area contributed by atoms with Crippen LogP contribution in [0.5, 0.6) is 11.6 Å². The van der Waals surface area contributed by atoms with Crippen LogP contribution in [0.25, 0.3) is 10.8 Å². The summed E-state index contributed by atoms with van der Waals surface area (Å²) < 4.78 is 19.7. The van der Waals surface area contributed by atoms with Gasteiger partial charge < -0.3 is 10.5 Å². The minimum Gasteiger partial charge on any atom is -0.438 e. The molecular weight excluding hydrogens is 335 g/mol. The molecule has 0 fully saturated rings. The Hall–Kier alpha value is -1.98. The van der Waals surface area contributed by atoms with E-state index in [0.29, 0.717) is 22.6 Å². The van der Waals surface area contributed by atoms with Crippen LogP contribution in [0.3, 0.4) is 0 Å². The van der Waals surface area contributed by atoms with Crippen LogP contribution < -0.4 is 10.5 Å². The summed E-state index contributed by atoms with van der Waals surface area (Å²) in [6.07, 6.45) is 0. The first kappa shape index (κ1) is 14.0. The van der Waals surface area contributed by atoms with Gasteiger partial charge in [0.25, 0.3) is 0 Å². The second-order valence-corrected chi connectivity index (χ2v) is 5.38. The summed E-state index contributed by atoms with van der Waals surface area (Å²) in [5, 5.41) is 1.85. The first-order chi connectivity index (χ1) is 10.2. The van der Waals surface area contributed by atoms with Crippen LogP contribution in [0.4, 0.5) is 4.39 Å². The highest BCUT2D eigenvalue weighted by atomic mass is 79.9. The van der Waals surface area contributed by atoms with Crippen LogP contribution in [0.15, 0.2) is 53.0 Å². The van der Waals surface area contributed by atoms with Crippen molar-refractivity contribution in [1.29, 1.82) is 0 Å². The number of fused-ring (bicyclic) bond motifs is 1.